The van der Waals surface area contributed by atoms with Gasteiger partial charge in [0, 0.05) is 30.8 Å². The number of carbonyl (C=O) groups is 2. The van der Waals surface area contributed by atoms with Crippen molar-refractivity contribution in [3.63, 3.8) is 0 Å². The fraction of sp³-hybridized carbons (Fsp3) is 0.364. The summed E-state index contributed by atoms with van der Waals surface area (Å²) in [4.78, 5) is 26.6. The number of rotatable bonds is 7. The molecule has 6 heteroatoms. The Bertz CT molecular complexity index is 794. The van der Waals surface area contributed by atoms with Crippen molar-refractivity contribution in [2.45, 2.75) is 25.9 Å². The first kappa shape index (κ1) is 19.9. The van der Waals surface area contributed by atoms with Gasteiger partial charge in [-0.15, -0.1) is 0 Å². The van der Waals surface area contributed by atoms with Crippen molar-refractivity contribution < 1.29 is 19.1 Å². The Labute approximate surface area is 165 Å². The monoisotopic (exact) mass is 382 g/mol. The van der Waals surface area contributed by atoms with Crippen molar-refractivity contribution in [1.29, 1.82) is 0 Å². The molecule has 1 aliphatic heterocycles. The minimum Gasteiger partial charge on any atom is -0.494 e. The lowest BCUT2D eigenvalue weighted by Gasteiger charge is -2.31. The lowest BCUT2D eigenvalue weighted by molar-refractivity contribution is -0.116. The van der Waals surface area contributed by atoms with Gasteiger partial charge in [0.25, 0.3) is 5.91 Å². The number of carbonyl (C=O) groups excluding carboxylic acids is 2. The van der Waals surface area contributed by atoms with E-state index in [9.17, 15) is 9.59 Å². The molecule has 0 aromatic heterocycles. The second-order valence-corrected chi connectivity index (χ2v) is 6.83. The van der Waals surface area contributed by atoms with E-state index < -0.39 is 0 Å². The maximum Gasteiger partial charge on any atom is 0.254 e. The summed E-state index contributed by atoms with van der Waals surface area (Å²) < 4.78 is 11.1. The molecule has 1 saturated heterocycles. The van der Waals surface area contributed by atoms with Crippen molar-refractivity contribution in [3.05, 3.63) is 60.2 Å². The zero-order chi connectivity index (χ0) is 19.8. The number of amides is 2. The molecule has 2 aromatic rings. The van der Waals surface area contributed by atoms with Gasteiger partial charge in [0.15, 0.2) is 0 Å². The summed E-state index contributed by atoms with van der Waals surface area (Å²) in [7, 11) is 0. The van der Waals surface area contributed by atoms with Crippen LogP contribution in [-0.4, -0.2) is 49.1 Å². The zero-order valence-corrected chi connectivity index (χ0v) is 16.1. The lowest BCUT2D eigenvalue weighted by atomic mass is 10.1. The normalized spacial score (nSPS) is 16.5. The number of hydrogen-bond acceptors (Lipinski definition) is 4. The SMILES string of the molecule is CC1CN(C(=O)c2cccc(NC(=O)CCCOc3ccccc3)c2)CCO1. The molecule has 1 unspecified atom stereocenters. The number of nitrogens with one attached hydrogen (secondary N) is 1. The second-order valence-electron chi connectivity index (χ2n) is 6.83. The third-order valence-electron chi connectivity index (χ3n) is 4.48. The van der Waals surface area contributed by atoms with Gasteiger partial charge in [-0.2, -0.15) is 0 Å². The molecule has 2 aromatic carbocycles. The van der Waals surface area contributed by atoms with Crippen molar-refractivity contribution in [1.82, 2.24) is 4.90 Å². The Hall–Kier alpha value is -2.86. The molecular weight excluding hydrogens is 356 g/mol. The van der Waals surface area contributed by atoms with Crippen LogP contribution in [0.15, 0.2) is 54.6 Å². The molecule has 1 atom stereocenters. The van der Waals surface area contributed by atoms with E-state index in [-0.39, 0.29) is 17.9 Å². The van der Waals surface area contributed by atoms with Gasteiger partial charge in [0.2, 0.25) is 5.91 Å². The third kappa shape index (κ3) is 5.82. The van der Waals surface area contributed by atoms with Crippen LogP contribution in [0.2, 0.25) is 0 Å². The quantitative estimate of drug-likeness (QED) is 0.746. The van der Waals surface area contributed by atoms with Crippen LogP contribution in [0, 0.1) is 0 Å². The van der Waals surface area contributed by atoms with E-state index in [1.54, 1.807) is 29.2 Å². The topological polar surface area (TPSA) is 67.9 Å². The largest absolute Gasteiger partial charge is 0.494 e. The molecule has 1 heterocycles. The van der Waals surface area contributed by atoms with Gasteiger partial charge in [-0.3, -0.25) is 9.59 Å². The predicted molar refractivity (Wildman–Crippen MR) is 108 cm³/mol. The Morgan fingerprint density at radius 3 is 2.79 bits per heavy atom. The minimum absolute atomic E-state index is 0.0393. The van der Waals surface area contributed by atoms with Gasteiger partial charge in [-0.05, 0) is 43.7 Å². The van der Waals surface area contributed by atoms with Gasteiger partial charge in [-0.1, -0.05) is 24.3 Å². The average molecular weight is 382 g/mol. The summed E-state index contributed by atoms with van der Waals surface area (Å²) in [5, 5.41) is 2.86. The number of nitrogens with zero attached hydrogens (tertiary/aromatic N) is 1. The van der Waals surface area contributed by atoms with Crippen LogP contribution in [0.3, 0.4) is 0 Å². The van der Waals surface area contributed by atoms with Crippen LogP contribution in [0.25, 0.3) is 0 Å². The van der Waals surface area contributed by atoms with E-state index >= 15 is 0 Å². The number of benzene rings is 2. The van der Waals surface area contributed by atoms with E-state index in [4.69, 9.17) is 9.47 Å². The lowest BCUT2D eigenvalue weighted by Crippen LogP contribution is -2.44. The van der Waals surface area contributed by atoms with Gasteiger partial charge in [0.1, 0.15) is 5.75 Å². The first-order valence-corrected chi connectivity index (χ1v) is 9.60. The number of morpholine rings is 1. The van der Waals surface area contributed by atoms with Crippen molar-refractivity contribution in [2.24, 2.45) is 0 Å². The van der Waals surface area contributed by atoms with E-state index in [1.807, 2.05) is 37.3 Å². The molecule has 0 bridgehead atoms. The Kier molecular flexibility index (Phi) is 7.03. The van der Waals surface area contributed by atoms with Crippen molar-refractivity contribution in [3.8, 4) is 5.75 Å². The van der Waals surface area contributed by atoms with Gasteiger partial charge < -0.3 is 19.7 Å². The van der Waals surface area contributed by atoms with E-state index in [0.717, 1.165) is 5.75 Å². The van der Waals surface area contributed by atoms with Gasteiger partial charge in [-0.25, -0.2) is 0 Å². The first-order chi connectivity index (χ1) is 13.6. The zero-order valence-electron chi connectivity index (χ0n) is 16.1. The summed E-state index contributed by atoms with van der Waals surface area (Å²) in [6, 6.07) is 16.6. The smallest absolute Gasteiger partial charge is 0.254 e. The second kappa shape index (κ2) is 9.90. The molecule has 148 valence electrons. The highest BCUT2D eigenvalue weighted by atomic mass is 16.5. The molecule has 1 aliphatic rings. The first-order valence-electron chi connectivity index (χ1n) is 9.60. The van der Waals surface area contributed by atoms with E-state index in [0.29, 0.717) is 50.4 Å². The highest BCUT2D eigenvalue weighted by molar-refractivity contribution is 5.97. The molecule has 28 heavy (non-hydrogen) atoms. The number of hydrogen-bond donors (Lipinski definition) is 1. The maximum absolute atomic E-state index is 12.7. The summed E-state index contributed by atoms with van der Waals surface area (Å²) in [5.41, 5.74) is 1.19. The summed E-state index contributed by atoms with van der Waals surface area (Å²) in [5.74, 6) is 0.662. The number of ether oxygens (including phenoxy) is 2. The molecule has 0 spiro atoms. The molecule has 2 amide bonds. The summed E-state index contributed by atoms with van der Waals surface area (Å²) in [6.45, 7) is 4.15. The van der Waals surface area contributed by atoms with Crippen LogP contribution >= 0.6 is 0 Å². The third-order valence-corrected chi connectivity index (χ3v) is 4.48. The van der Waals surface area contributed by atoms with Crippen molar-refractivity contribution >= 4 is 17.5 Å². The molecule has 0 aliphatic carbocycles. The standard InChI is InChI=1S/C22H26N2O4/c1-17-16-24(12-14-27-17)22(26)18-7-5-8-19(15-18)23-21(25)11-6-13-28-20-9-3-2-4-10-20/h2-5,7-10,15,17H,6,11-14,16H2,1H3,(H,23,25). The van der Waals surface area contributed by atoms with Crippen LogP contribution in [0.4, 0.5) is 5.69 Å². The molecule has 0 radical (unpaired) electrons. The molecule has 6 nitrogen and oxygen atoms in total. The molecular formula is C22H26N2O4. The van der Waals surface area contributed by atoms with Crippen LogP contribution < -0.4 is 10.1 Å². The summed E-state index contributed by atoms with van der Waals surface area (Å²) in [6.07, 6.45) is 1.01. The fourth-order valence-electron chi connectivity index (χ4n) is 3.08. The molecule has 1 fully saturated rings. The van der Waals surface area contributed by atoms with Crippen molar-refractivity contribution in [2.75, 3.05) is 31.6 Å². The van der Waals surface area contributed by atoms with Gasteiger partial charge >= 0.3 is 0 Å². The minimum atomic E-state index is -0.0961. The Morgan fingerprint density at radius 1 is 1.18 bits per heavy atom. The van der Waals surface area contributed by atoms with E-state index in [2.05, 4.69) is 5.32 Å². The predicted octanol–water partition coefficient (Wildman–Crippen LogP) is 3.35. The highest BCUT2D eigenvalue weighted by Crippen LogP contribution is 2.16. The maximum atomic E-state index is 12.7. The van der Waals surface area contributed by atoms with Crippen LogP contribution in [-0.2, 0) is 9.53 Å². The average Bonchev–Trinajstić information content (AvgIpc) is 2.72. The highest BCUT2D eigenvalue weighted by Gasteiger charge is 2.22. The molecule has 3 rings (SSSR count). The van der Waals surface area contributed by atoms with Crippen LogP contribution in [0.1, 0.15) is 30.1 Å². The Morgan fingerprint density at radius 2 is 2.00 bits per heavy atom. The number of para-hydroxylation sites is 1. The van der Waals surface area contributed by atoms with Crippen LogP contribution in [0.5, 0.6) is 5.75 Å². The fourth-order valence-corrected chi connectivity index (χ4v) is 3.08. The summed E-state index contributed by atoms with van der Waals surface area (Å²) >= 11 is 0. The Balaban J connectivity index is 1.47. The molecule has 0 saturated carbocycles. The molecule has 1 N–H and O–H groups in total. The number of anilines is 1. The van der Waals surface area contributed by atoms with Gasteiger partial charge in [0.05, 0.1) is 19.3 Å². The van der Waals surface area contributed by atoms with E-state index in [1.165, 1.54) is 0 Å².